The van der Waals surface area contributed by atoms with Crippen LogP contribution in [-0.4, -0.2) is 20.9 Å². The minimum Gasteiger partial charge on any atom is -0.486 e. The van der Waals surface area contributed by atoms with E-state index in [4.69, 9.17) is 10.5 Å². The Morgan fingerprint density at radius 1 is 0.939 bits per heavy atom. The van der Waals surface area contributed by atoms with Crippen molar-refractivity contribution in [1.29, 1.82) is 0 Å². The van der Waals surface area contributed by atoms with Crippen LogP contribution < -0.4 is 21.1 Å². The predicted molar refractivity (Wildman–Crippen MR) is 122 cm³/mol. The van der Waals surface area contributed by atoms with Gasteiger partial charge in [0.1, 0.15) is 18.2 Å². The van der Waals surface area contributed by atoms with Crippen LogP contribution in [-0.2, 0) is 13.2 Å². The van der Waals surface area contributed by atoms with E-state index in [1.165, 1.54) is 12.1 Å². The molecular weight excluding hydrogens is 423 g/mol. The molecule has 0 atom stereocenters. The lowest BCUT2D eigenvalue weighted by Gasteiger charge is -2.10. The van der Waals surface area contributed by atoms with Crippen molar-refractivity contribution in [2.24, 2.45) is 0 Å². The molecule has 4 rings (SSSR count). The quantitative estimate of drug-likeness (QED) is 0.378. The van der Waals surface area contributed by atoms with Crippen molar-refractivity contribution >= 4 is 23.5 Å². The highest BCUT2D eigenvalue weighted by Gasteiger charge is 2.09. The molecule has 8 nitrogen and oxygen atoms in total. The van der Waals surface area contributed by atoms with Crippen LogP contribution in [0.4, 0.5) is 22.0 Å². The van der Waals surface area contributed by atoms with E-state index in [0.29, 0.717) is 29.4 Å². The fourth-order valence-electron chi connectivity index (χ4n) is 2.98. The Hall–Kier alpha value is -4.53. The number of benzene rings is 3. The normalized spacial score (nSPS) is 10.5. The molecule has 9 heteroatoms. The molecule has 1 aromatic heterocycles. The Morgan fingerprint density at radius 2 is 1.73 bits per heavy atom. The maximum atomic E-state index is 13.1. The lowest BCUT2D eigenvalue weighted by molar-refractivity contribution is 0.0950. The number of carbonyl (C=O) groups excluding carboxylic acids is 1. The highest BCUT2D eigenvalue weighted by atomic mass is 19.1. The number of halogens is 1. The molecule has 0 aliphatic heterocycles. The number of hydrogen-bond acceptors (Lipinski definition) is 7. The third-order valence-electron chi connectivity index (χ3n) is 4.56. The van der Waals surface area contributed by atoms with Crippen LogP contribution in [0.15, 0.2) is 78.9 Å². The van der Waals surface area contributed by atoms with E-state index in [9.17, 15) is 9.18 Å². The van der Waals surface area contributed by atoms with Crippen LogP contribution in [0, 0.1) is 5.82 Å². The van der Waals surface area contributed by atoms with E-state index < -0.39 is 0 Å². The third kappa shape index (κ3) is 6.23. The van der Waals surface area contributed by atoms with Gasteiger partial charge in [0.05, 0.1) is 0 Å². The van der Waals surface area contributed by atoms with E-state index in [1.807, 2.05) is 30.3 Å². The summed E-state index contributed by atoms with van der Waals surface area (Å²) in [6.45, 7) is 0.443. The van der Waals surface area contributed by atoms with E-state index >= 15 is 0 Å². The summed E-state index contributed by atoms with van der Waals surface area (Å²) in [6, 6.07) is 22.2. The number of aromatic nitrogens is 3. The van der Waals surface area contributed by atoms with Crippen molar-refractivity contribution in [2.45, 2.75) is 13.2 Å². The van der Waals surface area contributed by atoms with Gasteiger partial charge < -0.3 is 21.1 Å². The first-order valence-electron chi connectivity index (χ1n) is 10.1. The summed E-state index contributed by atoms with van der Waals surface area (Å²) in [6.07, 6.45) is 0. The van der Waals surface area contributed by atoms with Crippen LogP contribution in [0.1, 0.15) is 21.7 Å². The molecule has 0 bridgehead atoms. The van der Waals surface area contributed by atoms with Crippen LogP contribution >= 0.6 is 0 Å². The molecule has 166 valence electrons. The van der Waals surface area contributed by atoms with Gasteiger partial charge >= 0.3 is 0 Å². The standard InChI is InChI=1S/C24H21FN6O2/c25-18-9-11-19(12-10-18)28-24-30-21(29-23(26)31-24)15-33-20-8-4-7-17(13-20)22(32)27-14-16-5-2-1-3-6-16/h1-13H,14-15H2,(H,27,32)(H3,26,28,29,30,31). The van der Waals surface area contributed by atoms with Gasteiger partial charge in [-0.15, -0.1) is 0 Å². The predicted octanol–water partition coefficient (Wildman–Crippen LogP) is 3.85. The summed E-state index contributed by atoms with van der Waals surface area (Å²) in [4.78, 5) is 24.9. The minimum absolute atomic E-state index is 0.0138. The molecule has 0 aliphatic rings. The van der Waals surface area contributed by atoms with Crippen molar-refractivity contribution in [3.8, 4) is 5.75 Å². The van der Waals surface area contributed by atoms with Crippen LogP contribution in [0.3, 0.4) is 0 Å². The van der Waals surface area contributed by atoms with E-state index in [2.05, 4.69) is 25.6 Å². The van der Waals surface area contributed by atoms with E-state index in [-0.39, 0.29) is 30.2 Å². The Labute approximate surface area is 189 Å². The highest BCUT2D eigenvalue weighted by Crippen LogP contribution is 2.17. The molecule has 4 N–H and O–H groups in total. The largest absolute Gasteiger partial charge is 0.486 e. The monoisotopic (exact) mass is 444 g/mol. The summed E-state index contributed by atoms with van der Waals surface area (Å²) >= 11 is 0. The van der Waals surface area contributed by atoms with Gasteiger partial charge in [0, 0.05) is 17.8 Å². The van der Waals surface area contributed by atoms with Crippen LogP contribution in [0.2, 0.25) is 0 Å². The zero-order chi connectivity index (χ0) is 23.0. The average molecular weight is 444 g/mol. The maximum absolute atomic E-state index is 13.1. The fraction of sp³-hybridized carbons (Fsp3) is 0.0833. The van der Waals surface area contributed by atoms with Gasteiger partial charge in [-0.2, -0.15) is 15.0 Å². The number of nitrogens with zero attached hydrogens (tertiary/aromatic N) is 3. The second kappa shape index (κ2) is 10.2. The second-order valence-corrected chi connectivity index (χ2v) is 7.05. The number of ether oxygens (including phenoxy) is 1. The lowest BCUT2D eigenvalue weighted by atomic mass is 10.2. The SMILES string of the molecule is Nc1nc(COc2cccc(C(=O)NCc3ccccc3)c2)nc(Nc2ccc(F)cc2)n1. The summed E-state index contributed by atoms with van der Waals surface area (Å²) < 4.78 is 18.8. The number of amides is 1. The zero-order valence-corrected chi connectivity index (χ0v) is 17.5. The first-order chi connectivity index (χ1) is 16.0. The van der Waals surface area contributed by atoms with Crippen molar-refractivity contribution in [2.75, 3.05) is 11.1 Å². The van der Waals surface area contributed by atoms with E-state index in [0.717, 1.165) is 5.56 Å². The van der Waals surface area contributed by atoms with Crippen molar-refractivity contribution in [1.82, 2.24) is 20.3 Å². The molecule has 0 saturated carbocycles. The molecule has 3 aromatic carbocycles. The van der Waals surface area contributed by atoms with Gasteiger partial charge in [0.15, 0.2) is 5.82 Å². The number of rotatable bonds is 8. The average Bonchev–Trinajstić information content (AvgIpc) is 2.83. The smallest absolute Gasteiger partial charge is 0.251 e. The first-order valence-corrected chi connectivity index (χ1v) is 10.1. The van der Waals surface area contributed by atoms with Crippen LogP contribution in [0.5, 0.6) is 5.75 Å². The molecule has 1 heterocycles. The second-order valence-electron chi connectivity index (χ2n) is 7.05. The number of nitrogen functional groups attached to an aromatic ring is 1. The van der Waals surface area contributed by atoms with Crippen molar-refractivity contribution in [3.63, 3.8) is 0 Å². The third-order valence-corrected chi connectivity index (χ3v) is 4.56. The molecule has 0 spiro atoms. The molecule has 0 saturated heterocycles. The number of carbonyl (C=O) groups is 1. The van der Waals surface area contributed by atoms with Crippen LogP contribution in [0.25, 0.3) is 0 Å². The number of anilines is 3. The molecule has 33 heavy (non-hydrogen) atoms. The Morgan fingerprint density at radius 3 is 2.52 bits per heavy atom. The first kappa shape index (κ1) is 21.7. The minimum atomic E-state index is -0.347. The number of nitrogens with two attached hydrogens (primary N) is 1. The molecule has 0 unspecified atom stereocenters. The topological polar surface area (TPSA) is 115 Å². The van der Waals surface area contributed by atoms with Gasteiger partial charge in [-0.1, -0.05) is 36.4 Å². The molecule has 0 fully saturated rings. The molecule has 0 aliphatic carbocycles. The summed E-state index contributed by atoms with van der Waals surface area (Å²) in [5.74, 6) is 0.449. The van der Waals surface area contributed by atoms with Crippen molar-refractivity contribution in [3.05, 3.63) is 102 Å². The molecule has 4 aromatic rings. The summed E-state index contributed by atoms with van der Waals surface area (Å²) in [7, 11) is 0. The fourth-order valence-corrected chi connectivity index (χ4v) is 2.98. The summed E-state index contributed by atoms with van der Waals surface area (Å²) in [5.41, 5.74) is 7.86. The van der Waals surface area contributed by atoms with Gasteiger partial charge in [0.25, 0.3) is 5.91 Å². The Balaban J connectivity index is 1.38. The lowest BCUT2D eigenvalue weighted by Crippen LogP contribution is -2.22. The summed E-state index contributed by atoms with van der Waals surface area (Å²) in [5, 5.41) is 5.83. The Bertz CT molecular complexity index is 1240. The zero-order valence-electron chi connectivity index (χ0n) is 17.5. The Kier molecular flexibility index (Phi) is 6.70. The maximum Gasteiger partial charge on any atom is 0.251 e. The molecule has 1 amide bonds. The highest BCUT2D eigenvalue weighted by molar-refractivity contribution is 5.94. The van der Waals surface area contributed by atoms with Gasteiger partial charge in [-0.3, -0.25) is 4.79 Å². The van der Waals surface area contributed by atoms with Gasteiger partial charge in [-0.05, 0) is 48.0 Å². The molecular formula is C24H21FN6O2. The van der Waals surface area contributed by atoms with Gasteiger partial charge in [-0.25, -0.2) is 4.39 Å². The molecule has 0 radical (unpaired) electrons. The van der Waals surface area contributed by atoms with E-state index in [1.54, 1.807) is 36.4 Å². The number of nitrogens with one attached hydrogen (secondary N) is 2. The van der Waals surface area contributed by atoms with Crippen molar-refractivity contribution < 1.29 is 13.9 Å². The number of hydrogen-bond donors (Lipinski definition) is 3. The van der Waals surface area contributed by atoms with Gasteiger partial charge in [0.2, 0.25) is 11.9 Å².